The first-order valence-electron chi connectivity index (χ1n) is 16.0. The summed E-state index contributed by atoms with van der Waals surface area (Å²) in [5, 5.41) is 1.10. The molecule has 3 aliphatic rings. The van der Waals surface area contributed by atoms with E-state index in [0.717, 1.165) is 64.0 Å². The molecule has 10 nitrogen and oxygen atoms in total. The van der Waals surface area contributed by atoms with Crippen LogP contribution in [0.4, 0.5) is 0 Å². The van der Waals surface area contributed by atoms with E-state index < -0.39 is 5.91 Å². The van der Waals surface area contributed by atoms with Gasteiger partial charge in [0.2, 0.25) is 5.91 Å². The first-order valence-corrected chi connectivity index (χ1v) is 16.0. The average molecular weight is 619 g/mol. The van der Waals surface area contributed by atoms with Crippen molar-refractivity contribution in [3.63, 3.8) is 0 Å². The Hall–Kier alpha value is -4.83. The van der Waals surface area contributed by atoms with Crippen molar-refractivity contribution in [3.8, 4) is 34.1 Å². The van der Waals surface area contributed by atoms with Crippen LogP contribution in [0.15, 0.2) is 54.6 Å². The van der Waals surface area contributed by atoms with Crippen LogP contribution in [0.1, 0.15) is 46.4 Å². The summed E-state index contributed by atoms with van der Waals surface area (Å²) in [5.41, 5.74) is 18.4. The summed E-state index contributed by atoms with van der Waals surface area (Å²) >= 11 is 0. The van der Waals surface area contributed by atoms with Gasteiger partial charge in [0, 0.05) is 59.8 Å². The zero-order valence-electron chi connectivity index (χ0n) is 26.3. The number of primary amides is 1. The molecule has 2 amide bonds. The minimum atomic E-state index is -0.494. The van der Waals surface area contributed by atoms with Crippen LogP contribution in [0.3, 0.4) is 0 Å². The number of methoxy groups -OCH3 is 2. The number of carbonyl (C=O) groups excluding carboxylic acids is 2. The third-order valence-electron chi connectivity index (χ3n) is 10.4. The Morgan fingerprint density at radius 2 is 1.72 bits per heavy atom. The number of amides is 2. The summed E-state index contributed by atoms with van der Waals surface area (Å²) < 4.78 is 16.0. The number of piperidine rings is 1. The molecule has 3 atom stereocenters. The molecule has 46 heavy (non-hydrogen) atoms. The standard InChI is InChI=1S/C36H38N6O4/c1-40-33-26(12-24(16-31(33)46-3)36(44)42-18-23-9-11-27(42)32(23)37)39-35(40)29-14-21-7-6-20(13-28(21)41(29)17-19-4-5-19)25-10-8-22(34(38)43)15-30(25)45-2/h6-8,10,12-16,19,23,27,32H,4-5,9,11,17-18,37H2,1-3H3,(H2,38,43)/t23-,27-,32-/m1/s1. The molecule has 236 valence electrons. The summed E-state index contributed by atoms with van der Waals surface area (Å²) in [6.45, 7) is 1.59. The molecule has 8 rings (SSSR count). The lowest BCUT2D eigenvalue weighted by Crippen LogP contribution is -2.41. The number of benzene rings is 3. The van der Waals surface area contributed by atoms with Gasteiger partial charge < -0.3 is 35.0 Å². The summed E-state index contributed by atoms with van der Waals surface area (Å²) in [6.07, 6.45) is 4.45. The first kappa shape index (κ1) is 28.6. The molecule has 1 saturated heterocycles. The summed E-state index contributed by atoms with van der Waals surface area (Å²) in [7, 11) is 5.24. The van der Waals surface area contributed by atoms with Crippen molar-refractivity contribution in [2.75, 3.05) is 20.8 Å². The van der Waals surface area contributed by atoms with E-state index in [1.54, 1.807) is 26.4 Å². The van der Waals surface area contributed by atoms with E-state index in [9.17, 15) is 9.59 Å². The number of aromatic nitrogens is 3. The van der Waals surface area contributed by atoms with Gasteiger partial charge in [-0.2, -0.15) is 0 Å². The van der Waals surface area contributed by atoms with Gasteiger partial charge in [0.1, 0.15) is 17.0 Å². The number of fused-ring (bicyclic) bond motifs is 4. The number of nitrogens with two attached hydrogens (primary N) is 2. The van der Waals surface area contributed by atoms with Crippen molar-refractivity contribution in [1.29, 1.82) is 0 Å². The van der Waals surface area contributed by atoms with Crippen LogP contribution >= 0.6 is 0 Å². The zero-order chi connectivity index (χ0) is 31.9. The van der Waals surface area contributed by atoms with Crippen molar-refractivity contribution in [3.05, 3.63) is 65.7 Å². The highest BCUT2D eigenvalue weighted by Crippen LogP contribution is 2.41. The van der Waals surface area contributed by atoms with Gasteiger partial charge in [-0.05, 0) is 85.5 Å². The lowest BCUT2D eigenvalue weighted by Gasteiger charge is -2.27. The number of carbonyl (C=O) groups is 2. The van der Waals surface area contributed by atoms with E-state index in [1.807, 2.05) is 30.1 Å². The van der Waals surface area contributed by atoms with Gasteiger partial charge in [0.15, 0.2) is 5.82 Å². The Kier molecular flexibility index (Phi) is 6.61. The molecule has 1 aliphatic heterocycles. The van der Waals surface area contributed by atoms with Gasteiger partial charge in [-0.15, -0.1) is 0 Å². The van der Waals surface area contributed by atoms with Crippen molar-refractivity contribution >= 4 is 33.8 Å². The topological polar surface area (TPSA) is 131 Å². The van der Waals surface area contributed by atoms with Gasteiger partial charge >= 0.3 is 0 Å². The molecule has 2 bridgehead atoms. The van der Waals surface area contributed by atoms with Crippen molar-refractivity contribution in [2.24, 2.45) is 30.4 Å². The number of rotatable bonds is 8. The Morgan fingerprint density at radius 3 is 2.39 bits per heavy atom. The van der Waals surface area contributed by atoms with Crippen molar-refractivity contribution < 1.29 is 19.1 Å². The number of imidazole rings is 1. The molecule has 10 heteroatoms. The third kappa shape index (κ3) is 4.46. The molecule has 3 heterocycles. The molecular weight excluding hydrogens is 580 g/mol. The minimum Gasteiger partial charge on any atom is -0.496 e. The fourth-order valence-electron chi connectivity index (χ4n) is 7.71. The van der Waals surface area contributed by atoms with Crippen LogP contribution in [-0.2, 0) is 13.6 Å². The van der Waals surface area contributed by atoms with E-state index in [4.69, 9.17) is 25.9 Å². The number of likely N-dealkylation sites (tertiary alicyclic amines) is 1. The van der Waals surface area contributed by atoms with Crippen LogP contribution in [0, 0.1) is 11.8 Å². The minimum absolute atomic E-state index is 0.00952. The van der Waals surface area contributed by atoms with E-state index in [-0.39, 0.29) is 18.0 Å². The van der Waals surface area contributed by atoms with Gasteiger partial charge in [-0.1, -0.05) is 12.1 Å². The molecule has 3 aromatic carbocycles. The zero-order valence-corrected chi connectivity index (χ0v) is 26.3. The third-order valence-corrected chi connectivity index (χ3v) is 10.4. The maximum atomic E-state index is 13.7. The number of aryl methyl sites for hydroxylation is 1. The normalized spacial score (nSPS) is 20.6. The fraction of sp³-hybridized carbons (Fsp3) is 0.361. The molecule has 2 aliphatic carbocycles. The largest absolute Gasteiger partial charge is 0.496 e. The monoisotopic (exact) mass is 618 g/mol. The van der Waals surface area contributed by atoms with E-state index in [0.29, 0.717) is 41.0 Å². The molecule has 5 aromatic rings. The second-order valence-electron chi connectivity index (χ2n) is 13.1. The van der Waals surface area contributed by atoms with Crippen LogP contribution < -0.4 is 20.9 Å². The van der Waals surface area contributed by atoms with Gasteiger partial charge in [-0.3, -0.25) is 9.59 Å². The Labute approximate surface area is 266 Å². The highest BCUT2D eigenvalue weighted by molar-refractivity contribution is 6.01. The highest BCUT2D eigenvalue weighted by Gasteiger charge is 2.47. The van der Waals surface area contributed by atoms with Gasteiger partial charge in [-0.25, -0.2) is 4.98 Å². The quantitative estimate of drug-likeness (QED) is 0.253. The van der Waals surface area contributed by atoms with Crippen molar-refractivity contribution in [2.45, 2.75) is 44.3 Å². The molecule has 2 aromatic heterocycles. The smallest absolute Gasteiger partial charge is 0.254 e. The highest BCUT2D eigenvalue weighted by atomic mass is 16.5. The molecule has 0 unspecified atom stereocenters. The maximum absolute atomic E-state index is 13.7. The average Bonchev–Trinajstić information content (AvgIpc) is 3.47. The Morgan fingerprint density at radius 1 is 0.935 bits per heavy atom. The molecule has 4 N–H and O–H groups in total. The Balaban J connectivity index is 1.24. The second-order valence-corrected chi connectivity index (χ2v) is 13.1. The molecular formula is C36H38N6O4. The summed E-state index contributed by atoms with van der Waals surface area (Å²) in [5.74, 6) is 2.50. The van der Waals surface area contributed by atoms with E-state index in [2.05, 4.69) is 33.4 Å². The second kappa shape index (κ2) is 10.6. The van der Waals surface area contributed by atoms with Crippen LogP contribution in [0.5, 0.6) is 11.5 Å². The lowest BCUT2D eigenvalue weighted by atomic mass is 10.0. The maximum Gasteiger partial charge on any atom is 0.254 e. The molecule has 2 saturated carbocycles. The van der Waals surface area contributed by atoms with Crippen LogP contribution in [-0.4, -0.2) is 63.7 Å². The summed E-state index contributed by atoms with van der Waals surface area (Å²) in [6, 6.07) is 17.8. The number of nitrogens with zero attached hydrogens (tertiary/aromatic N) is 4. The van der Waals surface area contributed by atoms with Gasteiger partial charge in [0.05, 0.1) is 25.4 Å². The van der Waals surface area contributed by atoms with Crippen LogP contribution in [0.25, 0.3) is 44.6 Å². The molecule has 0 radical (unpaired) electrons. The SMILES string of the molecule is COc1cc(C(N)=O)ccc1-c1ccc2cc(-c3nc4cc(C(=O)N5C[C@H]6CC[C@@H]5[C@@H]6N)cc(OC)c4n3C)n(CC3CC3)c2c1. The van der Waals surface area contributed by atoms with Crippen molar-refractivity contribution in [1.82, 2.24) is 19.0 Å². The lowest BCUT2D eigenvalue weighted by molar-refractivity contribution is 0.0700. The fourth-order valence-corrected chi connectivity index (χ4v) is 7.71. The first-order chi connectivity index (χ1) is 22.2. The summed E-state index contributed by atoms with van der Waals surface area (Å²) in [4.78, 5) is 32.6. The van der Waals surface area contributed by atoms with E-state index >= 15 is 0 Å². The number of ether oxygens (including phenoxy) is 2. The molecule has 0 spiro atoms. The van der Waals surface area contributed by atoms with E-state index in [1.165, 1.54) is 12.8 Å². The molecule has 3 fully saturated rings. The number of hydrogen-bond donors (Lipinski definition) is 2. The predicted octanol–water partition coefficient (Wildman–Crippen LogP) is 4.95. The number of hydrogen-bond acceptors (Lipinski definition) is 6. The predicted molar refractivity (Wildman–Crippen MR) is 177 cm³/mol. The Bertz CT molecular complexity index is 2060. The van der Waals surface area contributed by atoms with Gasteiger partial charge in [0.25, 0.3) is 5.91 Å². The van der Waals surface area contributed by atoms with Crippen LogP contribution in [0.2, 0.25) is 0 Å².